The van der Waals surface area contributed by atoms with Crippen LogP contribution in [0, 0.1) is 0 Å². The number of hydrogen-bond donors (Lipinski definition) is 0. The molecule has 0 atom stereocenters. The fraction of sp³-hybridized carbons (Fsp3) is 0. The zero-order chi connectivity index (χ0) is 13.5. The number of halogens is 1. The molecular weight excluding hydrogens is 375 g/mol. The van der Waals surface area contributed by atoms with Crippen molar-refractivity contribution in [2.24, 2.45) is 0 Å². The van der Waals surface area contributed by atoms with E-state index in [-0.39, 0.29) is 0 Å². The lowest BCUT2D eigenvalue weighted by atomic mass is 10.0. The van der Waals surface area contributed by atoms with Gasteiger partial charge in [0.15, 0.2) is 5.75 Å². The summed E-state index contributed by atoms with van der Waals surface area (Å²) in [7, 11) is -3.55. The highest BCUT2D eigenvalue weighted by molar-refractivity contribution is 14.2. The van der Waals surface area contributed by atoms with Crippen LogP contribution in [0.4, 0.5) is 0 Å². The molecule has 0 spiro atoms. The minimum Gasteiger partial charge on any atom is -0.375 e. The van der Waals surface area contributed by atoms with Gasteiger partial charge in [-0.3, -0.25) is 0 Å². The average Bonchev–Trinajstić information content (AvgIpc) is 2.35. The van der Waals surface area contributed by atoms with Crippen molar-refractivity contribution >= 4 is 50.0 Å². The third-order valence-electron chi connectivity index (χ3n) is 2.90. The molecule has 19 heavy (non-hydrogen) atoms. The Morgan fingerprint density at radius 3 is 2.16 bits per heavy atom. The second-order valence-electron chi connectivity index (χ2n) is 4.15. The number of benzene rings is 3. The van der Waals surface area contributed by atoms with E-state index < -0.39 is 7.29 Å². The first-order valence-electron chi connectivity index (χ1n) is 5.58. The molecular formula is C14H9IO3S. The number of hydrogen-bond acceptors (Lipinski definition) is 3. The minimum atomic E-state index is -3.55. The molecule has 0 amide bonds. The lowest BCUT2D eigenvalue weighted by Crippen LogP contribution is -1.99. The summed E-state index contributed by atoms with van der Waals surface area (Å²) in [6.07, 6.45) is 0. The number of rotatable bonds is 2. The molecule has 0 aliphatic heterocycles. The van der Waals surface area contributed by atoms with Crippen molar-refractivity contribution < 1.29 is 12.6 Å². The molecule has 0 aromatic heterocycles. The average molecular weight is 384 g/mol. The van der Waals surface area contributed by atoms with Crippen LogP contribution in [0.15, 0.2) is 54.6 Å². The summed E-state index contributed by atoms with van der Waals surface area (Å²) in [6, 6.07) is 17.3. The van der Waals surface area contributed by atoms with Crippen molar-refractivity contribution in [2.75, 3.05) is 0 Å². The maximum absolute atomic E-state index is 11.3. The molecule has 3 nitrogen and oxygen atoms in total. The second-order valence-corrected chi connectivity index (χ2v) is 8.34. The first-order valence-corrected chi connectivity index (χ1v) is 9.54. The first-order chi connectivity index (χ1) is 9.03. The number of fused-ring (bicyclic) bond motifs is 2. The highest BCUT2D eigenvalue weighted by atomic mass is 127. The SMILES string of the molecule is O=S(=O)(I)Oc1cccc2cc3ccccc3cc12. The monoisotopic (exact) mass is 384 g/mol. The molecule has 0 fully saturated rings. The summed E-state index contributed by atoms with van der Waals surface area (Å²) >= 11 is 1.28. The van der Waals surface area contributed by atoms with E-state index in [0.29, 0.717) is 5.75 Å². The van der Waals surface area contributed by atoms with Crippen LogP contribution in [-0.4, -0.2) is 8.42 Å². The van der Waals surface area contributed by atoms with Gasteiger partial charge in [-0.05, 0) is 34.4 Å². The predicted octanol–water partition coefficient (Wildman–Crippen LogP) is 4.05. The zero-order valence-corrected chi connectivity index (χ0v) is 12.7. The standard InChI is InChI=1S/C14H9IO3S/c15-19(16,17)18-14-7-3-6-12-8-10-4-1-2-5-11(10)9-13(12)14/h1-9H. The lowest BCUT2D eigenvalue weighted by Gasteiger charge is -2.07. The van der Waals surface area contributed by atoms with Crippen LogP contribution < -0.4 is 4.18 Å². The van der Waals surface area contributed by atoms with Crippen LogP contribution in [0.3, 0.4) is 0 Å². The second kappa shape index (κ2) is 4.64. The van der Waals surface area contributed by atoms with Crippen LogP contribution >= 0.6 is 21.2 Å². The Morgan fingerprint density at radius 2 is 1.47 bits per heavy atom. The normalized spacial score (nSPS) is 11.8. The van der Waals surface area contributed by atoms with E-state index in [2.05, 4.69) is 0 Å². The van der Waals surface area contributed by atoms with Crippen LogP contribution in [0.25, 0.3) is 21.5 Å². The molecule has 3 aromatic carbocycles. The van der Waals surface area contributed by atoms with E-state index in [4.69, 9.17) is 4.18 Å². The van der Waals surface area contributed by atoms with E-state index in [1.165, 1.54) is 21.2 Å². The van der Waals surface area contributed by atoms with Gasteiger partial charge in [-0.15, -0.1) is 0 Å². The van der Waals surface area contributed by atoms with Gasteiger partial charge < -0.3 is 4.18 Å². The quantitative estimate of drug-likeness (QED) is 0.380. The summed E-state index contributed by atoms with van der Waals surface area (Å²) in [5.41, 5.74) is 0. The van der Waals surface area contributed by atoms with Crippen LogP contribution in [0.5, 0.6) is 5.75 Å². The maximum Gasteiger partial charge on any atom is 0.364 e. The predicted molar refractivity (Wildman–Crippen MR) is 85.0 cm³/mol. The highest BCUT2D eigenvalue weighted by Crippen LogP contribution is 2.31. The first kappa shape index (κ1) is 12.7. The summed E-state index contributed by atoms with van der Waals surface area (Å²) in [5.74, 6) is 0.359. The third-order valence-corrected chi connectivity index (χ3v) is 3.81. The van der Waals surface area contributed by atoms with Crippen molar-refractivity contribution in [2.45, 2.75) is 0 Å². The van der Waals surface area contributed by atoms with Crippen molar-refractivity contribution in [1.29, 1.82) is 0 Å². The largest absolute Gasteiger partial charge is 0.375 e. The van der Waals surface area contributed by atoms with Crippen LogP contribution in [-0.2, 0) is 7.29 Å². The fourth-order valence-electron chi connectivity index (χ4n) is 2.12. The molecule has 0 saturated heterocycles. The molecule has 0 bridgehead atoms. The van der Waals surface area contributed by atoms with Gasteiger partial charge in [-0.2, -0.15) is 8.42 Å². The summed E-state index contributed by atoms with van der Waals surface area (Å²) in [6.45, 7) is 0. The van der Waals surface area contributed by atoms with Gasteiger partial charge >= 0.3 is 7.29 Å². The highest BCUT2D eigenvalue weighted by Gasteiger charge is 2.10. The lowest BCUT2D eigenvalue weighted by molar-refractivity contribution is 0.510. The van der Waals surface area contributed by atoms with Gasteiger partial charge in [0.1, 0.15) is 21.2 Å². The van der Waals surface area contributed by atoms with Gasteiger partial charge in [0.25, 0.3) is 0 Å². The third kappa shape index (κ3) is 2.66. The Labute approximate surface area is 122 Å². The zero-order valence-electron chi connectivity index (χ0n) is 9.71. The molecule has 0 aliphatic carbocycles. The molecule has 3 rings (SSSR count). The van der Waals surface area contributed by atoms with E-state index in [1.54, 1.807) is 12.1 Å². The summed E-state index contributed by atoms with van der Waals surface area (Å²) in [4.78, 5) is 0. The van der Waals surface area contributed by atoms with E-state index in [1.807, 2.05) is 42.5 Å². The van der Waals surface area contributed by atoms with Crippen molar-refractivity contribution in [3.63, 3.8) is 0 Å². The molecule has 0 aliphatic rings. The van der Waals surface area contributed by atoms with Crippen LogP contribution in [0.1, 0.15) is 0 Å². The van der Waals surface area contributed by atoms with Gasteiger partial charge in [0.05, 0.1) is 0 Å². The van der Waals surface area contributed by atoms with Gasteiger partial charge in [0.2, 0.25) is 0 Å². The Morgan fingerprint density at radius 1 is 0.842 bits per heavy atom. The Hall–Kier alpha value is -1.34. The molecule has 0 unspecified atom stereocenters. The van der Waals surface area contributed by atoms with Crippen LogP contribution in [0.2, 0.25) is 0 Å². The van der Waals surface area contributed by atoms with Gasteiger partial charge in [-0.1, -0.05) is 36.4 Å². The topological polar surface area (TPSA) is 43.4 Å². The molecule has 5 heteroatoms. The van der Waals surface area contributed by atoms with Crippen molar-refractivity contribution in [3.05, 3.63) is 54.6 Å². The smallest absolute Gasteiger partial charge is 0.364 e. The van der Waals surface area contributed by atoms with E-state index in [0.717, 1.165) is 21.5 Å². The molecule has 96 valence electrons. The molecule has 0 radical (unpaired) electrons. The Kier molecular flexibility index (Phi) is 3.10. The summed E-state index contributed by atoms with van der Waals surface area (Å²) in [5, 5.41) is 3.92. The Bertz CT molecular complexity index is 872. The molecule has 0 saturated carbocycles. The van der Waals surface area contributed by atoms with E-state index in [9.17, 15) is 8.42 Å². The van der Waals surface area contributed by atoms with E-state index >= 15 is 0 Å². The molecule has 0 heterocycles. The molecule has 0 N–H and O–H groups in total. The minimum absolute atomic E-state index is 0.359. The summed E-state index contributed by atoms with van der Waals surface area (Å²) < 4.78 is 27.6. The maximum atomic E-state index is 11.3. The fourth-order valence-corrected chi connectivity index (χ4v) is 3.06. The van der Waals surface area contributed by atoms with Gasteiger partial charge in [-0.25, -0.2) is 0 Å². The van der Waals surface area contributed by atoms with Gasteiger partial charge in [0, 0.05) is 5.39 Å². The Balaban J connectivity index is 2.32. The van der Waals surface area contributed by atoms with Crippen molar-refractivity contribution in [3.8, 4) is 5.75 Å². The van der Waals surface area contributed by atoms with Crippen molar-refractivity contribution in [1.82, 2.24) is 0 Å². The molecule has 3 aromatic rings.